The Bertz CT molecular complexity index is 1010. The van der Waals surface area contributed by atoms with E-state index in [0.29, 0.717) is 0 Å². The summed E-state index contributed by atoms with van der Waals surface area (Å²) in [6.07, 6.45) is 6.45. The normalized spacial score (nSPS) is 22.5. The first kappa shape index (κ1) is 17.3. The van der Waals surface area contributed by atoms with Crippen molar-refractivity contribution in [3.05, 3.63) is 125 Å². The number of hydrogen-bond donors (Lipinski definition) is 0. The number of hydrogen-bond acceptors (Lipinski definition) is 0. The lowest BCUT2D eigenvalue weighted by atomic mass is 9.67. The highest BCUT2D eigenvalue weighted by Gasteiger charge is 2.51. The zero-order valence-corrected chi connectivity index (χ0v) is 16.6. The molecule has 1 fully saturated rings. The highest BCUT2D eigenvalue weighted by Crippen LogP contribution is 2.62. The van der Waals surface area contributed by atoms with Gasteiger partial charge >= 0.3 is 0 Å². The summed E-state index contributed by atoms with van der Waals surface area (Å²) in [4.78, 5) is 0. The van der Waals surface area contributed by atoms with Gasteiger partial charge in [0, 0.05) is 0 Å². The fraction of sp³-hybridized carbons (Fsp3) is 0.214. The lowest BCUT2D eigenvalue weighted by Crippen LogP contribution is -2.29. The van der Waals surface area contributed by atoms with E-state index in [1.54, 1.807) is 0 Å². The summed E-state index contributed by atoms with van der Waals surface area (Å²) < 4.78 is 0. The van der Waals surface area contributed by atoms with Crippen molar-refractivity contribution in [2.45, 2.75) is 25.7 Å². The van der Waals surface area contributed by atoms with Gasteiger partial charge in [0.15, 0.2) is 0 Å². The van der Waals surface area contributed by atoms with Crippen LogP contribution in [-0.4, -0.2) is 0 Å². The van der Waals surface area contributed by atoms with Crippen molar-refractivity contribution in [1.82, 2.24) is 0 Å². The summed E-state index contributed by atoms with van der Waals surface area (Å²) in [5.41, 5.74) is 8.34. The van der Waals surface area contributed by atoms with Crippen LogP contribution in [0.1, 0.15) is 42.5 Å². The van der Waals surface area contributed by atoms with Gasteiger partial charge < -0.3 is 0 Å². The molecule has 0 heterocycles. The van der Waals surface area contributed by atoms with Gasteiger partial charge in [-0.3, -0.25) is 0 Å². The molecule has 0 spiro atoms. The fourth-order valence-corrected chi connectivity index (χ4v) is 5.14. The van der Waals surface area contributed by atoms with Crippen LogP contribution < -0.4 is 0 Å². The maximum atomic E-state index is 2.58. The molecule has 3 aliphatic rings. The van der Waals surface area contributed by atoms with Crippen molar-refractivity contribution in [2.75, 3.05) is 0 Å². The minimum absolute atomic E-state index is 0.196. The maximum absolute atomic E-state index is 2.58. The standard InChI is InChI=1S/C26H20.C2H6/c1-3-9-20(10-4-1)26(21-11-5-2-6-12-21)24-14-8-7-13-22(24)23-16-18-15-19(18)17-25(23)26;1-2/h1-14,16-19H,15H2;1-2H3. The van der Waals surface area contributed by atoms with Crippen LogP contribution in [0.2, 0.25) is 0 Å². The first-order valence-corrected chi connectivity index (χ1v) is 10.5. The predicted octanol–water partition coefficient (Wildman–Crippen LogP) is 7.02. The Morgan fingerprint density at radius 1 is 0.643 bits per heavy atom. The van der Waals surface area contributed by atoms with E-state index in [2.05, 4.69) is 97.1 Å². The Labute approximate surface area is 168 Å². The molecular weight excluding hydrogens is 336 g/mol. The number of benzene rings is 3. The third kappa shape index (κ3) is 2.31. The van der Waals surface area contributed by atoms with Gasteiger partial charge in [-0.05, 0) is 51.7 Å². The largest absolute Gasteiger partial charge is 0.0754 e. The van der Waals surface area contributed by atoms with Gasteiger partial charge in [0.05, 0.1) is 5.41 Å². The Balaban J connectivity index is 0.000000829. The first-order valence-electron chi connectivity index (χ1n) is 10.5. The molecule has 0 bridgehead atoms. The van der Waals surface area contributed by atoms with Crippen LogP contribution in [0.3, 0.4) is 0 Å². The molecule has 3 aromatic rings. The monoisotopic (exact) mass is 362 g/mol. The van der Waals surface area contributed by atoms with Crippen molar-refractivity contribution < 1.29 is 0 Å². The molecule has 0 heteroatoms. The topological polar surface area (TPSA) is 0 Å². The maximum Gasteiger partial charge on any atom is 0.0710 e. The highest BCUT2D eigenvalue weighted by atomic mass is 14.5. The quantitative estimate of drug-likeness (QED) is 0.459. The number of rotatable bonds is 2. The molecule has 0 radical (unpaired) electrons. The minimum atomic E-state index is -0.196. The molecule has 2 atom stereocenters. The van der Waals surface area contributed by atoms with E-state index in [-0.39, 0.29) is 5.41 Å². The SMILES string of the molecule is C1=C2C(=CC3CC13)C(c1ccccc1)(c1ccccc1)c1ccccc12.CC. The van der Waals surface area contributed by atoms with E-state index >= 15 is 0 Å². The Kier molecular flexibility index (Phi) is 4.09. The molecule has 0 saturated heterocycles. The molecule has 0 amide bonds. The van der Waals surface area contributed by atoms with Gasteiger partial charge in [0.25, 0.3) is 0 Å². The van der Waals surface area contributed by atoms with Crippen molar-refractivity contribution >= 4 is 5.57 Å². The molecule has 2 unspecified atom stereocenters. The summed E-state index contributed by atoms with van der Waals surface area (Å²) in [5, 5.41) is 0. The van der Waals surface area contributed by atoms with Crippen molar-refractivity contribution in [2.24, 2.45) is 11.8 Å². The second kappa shape index (κ2) is 6.63. The molecule has 3 aliphatic carbocycles. The van der Waals surface area contributed by atoms with Crippen LogP contribution in [0.5, 0.6) is 0 Å². The average Bonchev–Trinajstić information content (AvgIpc) is 3.50. The van der Waals surface area contributed by atoms with E-state index < -0.39 is 0 Å². The van der Waals surface area contributed by atoms with E-state index in [1.807, 2.05) is 13.8 Å². The third-order valence-electron chi connectivity index (χ3n) is 6.38. The molecule has 0 N–H and O–H groups in total. The van der Waals surface area contributed by atoms with Gasteiger partial charge in [-0.1, -0.05) is 111 Å². The molecule has 138 valence electrons. The van der Waals surface area contributed by atoms with Gasteiger partial charge in [-0.2, -0.15) is 0 Å². The Morgan fingerprint density at radius 3 is 1.82 bits per heavy atom. The van der Waals surface area contributed by atoms with E-state index in [0.717, 1.165) is 11.8 Å². The van der Waals surface area contributed by atoms with Crippen LogP contribution >= 0.6 is 0 Å². The van der Waals surface area contributed by atoms with Crippen LogP contribution in [0, 0.1) is 11.8 Å². The van der Waals surface area contributed by atoms with E-state index in [9.17, 15) is 0 Å². The van der Waals surface area contributed by atoms with Crippen molar-refractivity contribution in [1.29, 1.82) is 0 Å². The third-order valence-corrected chi connectivity index (χ3v) is 6.38. The van der Waals surface area contributed by atoms with E-state index in [4.69, 9.17) is 0 Å². The average molecular weight is 363 g/mol. The van der Waals surface area contributed by atoms with Crippen LogP contribution in [0.25, 0.3) is 5.57 Å². The van der Waals surface area contributed by atoms with Crippen molar-refractivity contribution in [3.63, 3.8) is 0 Å². The van der Waals surface area contributed by atoms with Crippen LogP contribution in [0.4, 0.5) is 0 Å². The summed E-state index contributed by atoms with van der Waals surface area (Å²) in [7, 11) is 0. The Hall–Kier alpha value is -2.86. The fourth-order valence-electron chi connectivity index (χ4n) is 5.14. The first-order chi connectivity index (χ1) is 13.9. The van der Waals surface area contributed by atoms with Gasteiger partial charge in [0.2, 0.25) is 0 Å². The molecule has 0 aromatic heterocycles. The molecule has 1 saturated carbocycles. The lowest BCUT2D eigenvalue weighted by Gasteiger charge is -2.34. The highest BCUT2D eigenvalue weighted by molar-refractivity contribution is 5.95. The van der Waals surface area contributed by atoms with Crippen LogP contribution in [0.15, 0.2) is 103 Å². The number of allylic oxidation sites excluding steroid dienone is 4. The summed E-state index contributed by atoms with van der Waals surface area (Å²) in [6, 6.07) is 31.1. The lowest BCUT2D eigenvalue weighted by molar-refractivity contribution is 0.755. The molecule has 0 nitrogen and oxygen atoms in total. The summed E-state index contributed by atoms with van der Waals surface area (Å²) in [6.45, 7) is 4.00. The van der Waals surface area contributed by atoms with E-state index in [1.165, 1.54) is 39.8 Å². The van der Waals surface area contributed by atoms with Gasteiger partial charge in [0.1, 0.15) is 0 Å². The summed E-state index contributed by atoms with van der Waals surface area (Å²) in [5.74, 6) is 1.49. The van der Waals surface area contributed by atoms with Crippen molar-refractivity contribution in [3.8, 4) is 0 Å². The molecule has 28 heavy (non-hydrogen) atoms. The number of fused-ring (bicyclic) bond motifs is 4. The molecule has 6 rings (SSSR count). The molecule has 3 aromatic carbocycles. The Morgan fingerprint density at radius 2 is 1.18 bits per heavy atom. The predicted molar refractivity (Wildman–Crippen MR) is 118 cm³/mol. The second-order valence-corrected chi connectivity index (χ2v) is 7.75. The zero-order chi connectivity index (χ0) is 19.1. The second-order valence-electron chi connectivity index (χ2n) is 7.75. The molecular formula is C28H26. The molecule has 0 aliphatic heterocycles. The smallest absolute Gasteiger partial charge is 0.0710 e. The van der Waals surface area contributed by atoms with Gasteiger partial charge in [-0.25, -0.2) is 0 Å². The van der Waals surface area contributed by atoms with Crippen LogP contribution in [-0.2, 0) is 5.41 Å². The summed E-state index contributed by atoms with van der Waals surface area (Å²) >= 11 is 0. The zero-order valence-electron chi connectivity index (χ0n) is 16.6. The minimum Gasteiger partial charge on any atom is -0.0754 e. The van der Waals surface area contributed by atoms with Gasteiger partial charge in [-0.15, -0.1) is 0 Å².